The highest BCUT2D eigenvalue weighted by Crippen LogP contribution is 2.29. The highest BCUT2D eigenvalue weighted by atomic mass is 32.2. The summed E-state index contributed by atoms with van der Waals surface area (Å²) in [6, 6.07) is 4.24. The van der Waals surface area contributed by atoms with Gasteiger partial charge in [-0.15, -0.1) is 10.2 Å². The topological polar surface area (TPSA) is 56.0 Å². The molecule has 0 N–H and O–H groups in total. The van der Waals surface area contributed by atoms with Gasteiger partial charge in [0.25, 0.3) is 0 Å². The second-order valence-corrected chi connectivity index (χ2v) is 6.63. The Hall–Kier alpha value is -1.76. The molecule has 6 nitrogen and oxygen atoms in total. The smallest absolute Gasteiger partial charge is 0.236 e. The molecule has 0 bridgehead atoms. The first-order chi connectivity index (χ1) is 10.1. The predicted octanol–water partition coefficient (Wildman–Crippen LogP) is 1.70. The maximum Gasteiger partial charge on any atom is 0.236 e. The van der Waals surface area contributed by atoms with Gasteiger partial charge in [-0.05, 0) is 26.0 Å². The Morgan fingerprint density at radius 3 is 3.00 bits per heavy atom. The molecular weight excluding hydrogens is 286 g/mol. The number of fused-ring (bicyclic) bond motifs is 1. The van der Waals surface area contributed by atoms with E-state index < -0.39 is 0 Å². The van der Waals surface area contributed by atoms with E-state index in [0.717, 1.165) is 18.2 Å². The Morgan fingerprint density at radius 1 is 1.48 bits per heavy atom. The fourth-order valence-electron chi connectivity index (χ4n) is 2.70. The van der Waals surface area contributed by atoms with Crippen molar-refractivity contribution in [3.63, 3.8) is 0 Å². The van der Waals surface area contributed by atoms with Crippen LogP contribution in [0.15, 0.2) is 29.8 Å². The number of carbonyl (C=O) groups is 1. The third-order valence-corrected chi connectivity index (χ3v) is 5.06. The van der Waals surface area contributed by atoms with Gasteiger partial charge in [-0.2, -0.15) is 0 Å². The van der Waals surface area contributed by atoms with E-state index in [4.69, 9.17) is 0 Å². The Morgan fingerprint density at radius 2 is 2.29 bits per heavy atom. The lowest BCUT2D eigenvalue weighted by Gasteiger charge is -2.36. The van der Waals surface area contributed by atoms with Gasteiger partial charge in [0, 0.05) is 32.0 Å². The maximum atomic E-state index is 12.7. The zero-order valence-corrected chi connectivity index (χ0v) is 13.2. The van der Waals surface area contributed by atoms with Gasteiger partial charge in [0.15, 0.2) is 5.16 Å². The predicted molar refractivity (Wildman–Crippen MR) is 80.9 cm³/mol. The summed E-state index contributed by atoms with van der Waals surface area (Å²) in [6.45, 7) is 5.63. The minimum Gasteiger partial charge on any atom is -0.348 e. The third-order valence-electron chi connectivity index (χ3n) is 3.92. The minimum absolute atomic E-state index is 0.115. The molecule has 112 valence electrons. The van der Waals surface area contributed by atoms with Gasteiger partial charge >= 0.3 is 0 Å². The molecule has 21 heavy (non-hydrogen) atoms. The van der Waals surface area contributed by atoms with Gasteiger partial charge in [0.2, 0.25) is 5.91 Å². The minimum atomic E-state index is -0.170. The fourth-order valence-corrected chi connectivity index (χ4v) is 3.56. The number of amides is 1. The Balaban J connectivity index is 1.72. The van der Waals surface area contributed by atoms with E-state index in [2.05, 4.69) is 34.0 Å². The summed E-state index contributed by atoms with van der Waals surface area (Å²) in [5, 5.41) is 8.48. The van der Waals surface area contributed by atoms with E-state index in [-0.39, 0.29) is 17.2 Å². The van der Waals surface area contributed by atoms with Crippen LogP contribution >= 0.6 is 11.8 Å². The molecule has 1 aliphatic rings. The molecule has 0 radical (unpaired) electrons. The van der Waals surface area contributed by atoms with Crippen LogP contribution in [-0.4, -0.2) is 41.9 Å². The Labute approximate surface area is 128 Å². The first-order valence-electron chi connectivity index (χ1n) is 7.04. The quantitative estimate of drug-likeness (QED) is 0.810. The molecule has 0 spiro atoms. The molecule has 2 aromatic rings. The highest BCUT2D eigenvalue weighted by molar-refractivity contribution is 8.00. The molecule has 0 unspecified atom stereocenters. The molecule has 7 heteroatoms. The highest BCUT2D eigenvalue weighted by Gasteiger charge is 2.31. The summed E-state index contributed by atoms with van der Waals surface area (Å²) in [5.41, 5.74) is 1.20. The summed E-state index contributed by atoms with van der Waals surface area (Å²) in [5.74, 6) is 0.156. The molecule has 1 amide bonds. The molecule has 0 fully saturated rings. The van der Waals surface area contributed by atoms with Crippen molar-refractivity contribution in [1.29, 1.82) is 0 Å². The average Bonchev–Trinajstić information content (AvgIpc) is 3.08. The summed E-state index contributed by atoms with van der Waals surface area (Å²) < 4.78 is 4.05. The monoisotopic (exact) mass is 305 g/mol. The van der Waals surface area contributed by atoms with Crippen LogP contribution in [0.3, 0.4) is 0 Å². The first kappa shape index (κ1) is 14.2. The van der Waals surface area contributed by atoms with Crippen LogP contribution in [-0.2, 0) is 18.4 Å². The summed E-state index contributed by atoms with van der Waals surface area (Å²) in [7, 11) is 1.88. The SMILES string of the molecule is C[C@@H]1c2cccn2CCN1C(=O)[C@@H](C)Sc1nncn1C. The Bertz CT molecular complexity index is 649. The van der Waals surface area contributed by atoms with Crippen molar-refractivity contribution in [2.45, 2.75) is 36.8 Å². The van der Waals surface area contributed by atoms with Crippen molar-refractivity contribution in [1.82, 2.24) is 24.2 Å². The molecule has 2 atom stereocenters. The standard InChI is InChI=1S/C14H19N5OS/c1-10-12-5-4-6-18(12)7-8-19(10)13(20)11(2)21-14-16-15-9-17(14)3/h4-6,9-11H,7-8H2,1-3H3/t10-,11-/m1/s1. The van der Waals surface area contributed by atoms with E-state index in [1.165, 1.54) is 17.5 Å². The molecule has 0 saturated heterocycles. The molecule has 0 aromatic carbocycles. The van der Waals surface area contributed by atoms with Gasteiger partial charge in [0.05, 0.1) is 11.3 Å². The lowest BCUT2D eigenvalue weighted by molar-refractivity contribution is -0.133. The molecule has 3 heterocycles. The van der Waals surface area contributed by atoms with Crippen LogP contribution in [0, 0.1) is 0 Å². The summed E-state index contributed by atoms with van der Waals surface area (Å²) in [4.78, 5) is 14.7. The number of aryl methyl sites for hydroxylation is 1. The second-order valence-electron chi connectivity index (χ2n) is 5.32. The van der Waals surface area contributed by atoms with Crippen LogP contribution < -0.4 is 0 Å². The van der Waals surface area contributed by atoms with Crippen molar-refractivity contribution in [2.24, 2.45) is 7.05 Å². The van der Waals surface area contributed by atoms with Crippen molar-refractivity contribution < 1.29 is 4.79 Å². The lowest BCUT2D eigenvalue weighted by atomic mass is 10.1. The number of carbonyl (C=O) groups excluding carboxylic acids is 1. The molecular formula is C14H19N5OS. The molecule has 2 aromatic heterocycles. The molecule has 3 rings (SSSR count). The van der Waals surface area contributed by atoms with E-state index in [1.54, 1.807) is 6.33 Å². The van der Waals surface area contributed by atoms with Gasteiger partial charge in [0.1, 0.15) is 6.33 Å². The number of hydrogen-bond donors (Lipinski definition) is 0. The number of hydrogen-bond acceptors (Lipinski definition) is 4. The summed E-state index contributed by atoms with van der Waals surface area (Å²) in [6.07, 6.45) is 3.72. The van der Waals surface area contributed by atoms with Crippen molar-refractivity contribution in [3.05, 3.63) is 30.4 Å². The first-order valence-corrected chi connectivity index (χ1v) is 7.92. The van der Waals surface area contributed by atoms with E-state index in [0.29, 0.717) is 0 Å². The van der Waals surface area contributed by atoms with Crippen LogP contribution in [0.5, 0.6) is 0 Å². The van der Waals surface area contributed by atoms with Crippen LogP contribution in [0.25, 0.3) is 0 Å². The lowest BCUT2D eigenvalue weighted by Crippen LogP contribution is -2.44. The average molecular weight is 305 g/mol. The Kier molecular flexibility index (Phi) is 3.75. The number of rotatable bonds is 3. The second kappa shape index (κ2) is 5.55. The number of aromatic nitrogens is 4. The maximum absolute atomic E-state index is 12.7. The van der Waals surface area contributed by atoms with Crippen molar-refractivity contribution in [3.8, 4) is 0 Å². The normalized spacial score (nSPS) is 19.4. The van der Waals surface area contributed by atoms with Gasteiger partial charge in [-0.25, -0.2) is 0 Å². The zero-order chi connectivity index (χ0) is 15.0. The zero-order valence-electron chi connectivity index (χ0n) is 12.4. The molecule has 0 aliphatic carbocycles. The molecule has 0 saturated carbocycles. The number of nitrogens with zero attached hydrogens (tertiary/aromatic N) is 5. The van der Waals surface area contributed by atoms with Crippen molar-refractivity contribution >= 4 is 17.7 Å². The number of thioether (sulfide) groups is 1. The van der Waals surface area contributed by atoms with Crippen LogP contribution in [0.4, 0.5) is 0 Å². The third kappa shape index (κ3) is 2.57. The summed E-state index contributed by atoms with van der Waals surface area (Å²) >= 11 is 1.46. The fraction of sp³-hybridized carbons (Fsp3) is 0.500. The van der Waals surface area contributed by atoms with Crippen molar-refractivity contribution in [2.75, 3.05) is 6.54 Å². The van der Waals surface area contributed by atoms with E-state index in [9.17, 15) is 4.79 Å². The molecule has 1 aliphatic heterocycles. The van der Waals surface area contributed by atoms with Gasteiger partial charge in [-0.1, -0.05) is 11.8 Å². The van der Waals surface area contributed by atoms with Crippen LogP contribution in [0.2, 0.25) is 0 Å². The van der Waals surface area contributed by atoms with Gasteiger partial charge < -0.3 is 14.0 Å². The van der Waals surface area contributed by atoms with Crippen LogP contribution in [0.1, 0.15) is 25.6 Å². The van der Waals surface area contributed by atoms with Gasteiger partial charge in [-0.3, -0.25) is 4.79 Å². The van der Waals surface area contributed by atoms with E-state index >= 15 is 0 Å². The van der Waals surface area contributed by atoms with E-state index in [1.807, 2.05) is 29.5 Å². The largest absolute Gasteiger partial charge is 0.348 e.